The second-order valence-corrected chi connectivity index (χ2v) is 5.90. The summed E-state index contributed by atoms with van der Waals surface area (Å²) in [5.74, 6) is 1.51. The van der Waals surface area contributed by atoms with Gasteiger partial charge in [0.05, 0.1) is 6.10 Å². The number of anilines is 2. The average Bonchev–Trinajstić information content (AvgIpc) is 3.30. The van der Waals surface area contributed by atoms with Gasteiger partial charge in [0.15, 0.2) is 0 Å². The lowest BCUT2D eigenvalue weighted by Crippen LogP contribution is -2.31. The Hall–Kier alpha value is -1.14. The van der Waals surface area contributed by atoms with E-state index in [1.54, 1.807) is 0 Å². The summed E-state index contributed by atoms with van der Waals surface area (Å²) in [5.41, 5.74) is 0. The zero-order valence-electron chi connectivity index (χ0n) is 11.4. The van der Waals surface area contributed by atoms with Crippen LogP contribution >= 0.6 is 11.6 Å². The maximum Gasteiger partial charge on any atom is 0.231 e. The van der Waals surface area contributed by atoms with Gasteiger partial charge >= 0.3 is 0 Å². The van der Waals surface area contributed by atoms with Crippen LogP contribution < -0.4 is 10.2 Å². The minimum absolute atomic E-state index is 0.198. The summed E-state index contributed by atoms with van der Waals surface area (Å²) in [4.78, 5) is 14.8. The van der Waals surface area contributed by atoms with E-state index in [-0.39, 0.29) is 11.4 Å². The molecule has 1 saturated carbocycles. The molecule has 1 unspecified atom stereocenters. The second kappa shape index (κ2) is 6.10. The SMILES string of the molecule is OC(CNc1nc(Cl)nc(N2CCCCC2)n1)C1CC1. The van der Waals surface area contributed by atoms with Gasteiger partial charge in [-0.25, -0.2) is 0 Å². The Bertz CT molecular complexity index is 462. The number of hydrogen-bond donors (Lipinski definition) is 2. The van der Waals surface area contributed by atoms with Crippen molar-refractivity contribution in [2.75, 3.05) is 29.9 Å². The Morgan fingerprint density at radius 3 is 2.65 bits per heavy atom. The van der Waals surface area contributed by atoms with Crippen molar-refractivity contribution < 1.29 is 5.11 Å². The van der Waals surface area contributed by atoms with Gasteiger partial charge in [-0.2, -0.15) is 15.0 Å². The molecule has 1 aliphatic heterocycles. The van der Waals surface area contributed by atoms with Gasteiger partial charge in [-0.05, 0) is 49.6 Å². The lowest BCUT2D eigenvalue weighted by atomic mass is 10.1. The molecule has 0 amide bonds. The van der Waals surface area contributed by atoms with E-state index in [1.165, 1.54) is 6.42 Å². The highest BCUT2D eigenvalue weighted by Gasteiger charge is 2.29. The summed E-state index contributed by atoms with van der Waals surface area (Å²) in [6.07, 6.45) is 5.47. The van der Waals surface area contributed by atoms with Crippen LogP contribution in [0.2, 0.25) is 5.28 Å². The van der Waals surface area contributed by atoms with E-state index in [9.17, 15) is 5.11 Å². The molecule has 110 valence electrons. The number of aliphatic hydroxyl groups excluding tert-OH is 1. The molecule has 1 aromatic rings. The molecule has 1 saturated heterocycles. The van der Waals surface area contributed by atoms with Crippen molar-refractivity contribution in [1.82, 2.24) is 15.0 Å². The molecule has 6 nitrogen and oxygen atoms in total. The third-order valence-electron chi connectivity index (χ3n) is 3.87. The lowest BCUT2D eigenvalue weighted by Gasteiger charge is -2.26. The first kappa shape index (κ1) is 13.8. The number of rotatable bonds is 5. The van der Waals surface area contributed by atoms with Gasteiger partial charge in [0, 0.05) is 19.6 Å². The van der Waals surface area contributed by atoms with Crippen molar-refractivity contribution in [3.05, 3.63) is 5.28 Å². The zero-order chi connectivity index (χ0) is 13.9. The lowest BCUT2D eigenvalue weighted by molar-refractivity contribution is 0.164. The van der Waals surface area contributed by atoms with Gasteiger partial charge in [-0.1, -0.05) is 0 Å². The van der Waals surface area contributed by atoms with Crippen LogP contribution in [0.15, 0.2) is 0 Å². The Balaban J connectivity index is 1.65. The number of halogens is 1. The van der Waals surface area contributed by atoms with Crippen LogP contribution in [-0.4, -0.2) is 45.8 Å². The van der Waals surface area contributed by atoms with Crippen molar-refractivity contribution in [2.24, 2.45) is 5.92 Å². The summed E-state index contributed by atoms with van der Waals surface area (Å²) in [7, 11) is 0. The molecule has 2 heterocycles. The highest BCUT2D eigenvalue weighted by atomic mass is 35.5. The number of nitrogens with zero attached hydrogens (tertiary/aromatic N) is 4. The largest absolute Gasteiger partial charge is 0.391 e. The molecule has 7 heteroatoms. The van der Waals surface area contributed by atoms with Gasteiger partial charge in [-0.15, -0.1) is 0 Å². The van der Waals surface area contributed by atoms with Gasteiger partial charge in [0.2, 0.25) is 17.2 Å². The normalized spacial score (nSPS) is 20.8. The minimum atomic E-state index is -0.330. The molecule has 0 spiro atoms. The fourth-order valence-electron chi connectivity index (χ4n) is 2.50. The number of aromatic nitrogens is 3. The topological polar surface area (TPSA) is 74.2 Å². The van der Waals surface area contributed by atoms with Crippen molar-refractivity contribution in [3.8, 4) is 0 Å². The highest BCUT2D eigenvalue weighted by molar-refractivity contribution is 6.28. The maximum absolute atomic E-state index is 9.86. The quantitative estimate of drug-likeness (QED) is 0.862. The number of aliphatic hydroxyl groups is 1. The van der Waals surface area contributed by atoms with E-state index in [1.807, 2.05) is 0 Å². The third-order valence-corrected chi connectivity index (χ3v) is 4.04. The molecule has 0 aromatic carbocycles. The monoisotopic (exact) mass is 297 g/mol. The fraction of sp³-hybridized carbons (Fsp3) is 0.769. The number of nitrogens with one attached hydrogen (secondary N) is 1. The summed E-state index contributed by atoms with van der Waals surface area (Å²) in [6.45, 7) is 2.39. The Morgan fingerprint density at radius 2 is 1.95 bits per heavy atom. The first-order chi connectivity index (χ1) is 9.72. The average molecular weight is 298 g/mol. The highest BCUT2D eigenvalue weighted by Crippen LogP contribution is 2.32. The maximum atomic E-state index is 9.86. The summed E-state index contributed by atoms with van der Waals surface area (Å²) in [6, 6.07) is 0. The van der Waals surface area contributed by atoms with Crippen molar-refractivity contribution in [3.63, 3.8) is 0 Å². The van der Waals surface area contributed by atoms with E-state index in [2.05, 4.69) is 25.2 Å². The third kappa shape index (κ3) is 3.49. The van der Waals surface area contributed by atoms with Gasteiger partial charge in [0.25, 0.3) is 0 Å². The second-order valence-electron chi connectivity index (χ2n) is 5.56. The predicted octanol–water partition coefficient (Wildman–Crippen LogP) is 1.70. The Morgan fingerprint density at radius 1 is 1.20 bits per heavy atom. The van der Waals surface area contributed by atoms with Gasteiger partial charge in [0.1, 0.15) is 0 Å². The Labute approximate surface area is 123 Å². The standard InChI is InChI=1S/C13H20ClN5O/c14-11-16-12(15-8-10(20)9-4-5-9)18-13(17-11)19-6-2-1-3-7-19/h9-10,20H,1-8H2,(H,15,16,17,18). The van der Waals surface area contributed by atoms with E-state index in [0.717, 1.165) is 38.8 Å². The van der Waals surface area contributed by atoms with Crippen LogP contribution in [0.5, 0.6) is 0 Å². The first-order valence-corrected chi connectivity index (χ1v) is 7.68. The summed E-state index contributed by atoms with van der Waals surface area (Å²) < 4.78 is 0. The Kier molecular flexibility index (Phi) is 4.21. The fourth-order valence-corrected chi connectivity index (χ4v) is 2.65. The van der Waals surface area contributed by atoms with Crippen molar-refractivity contribution in [2.45, 2.75) is 38.2 Å². The number of hydrogen-bond acceptors (Lipinski definition) is 6. The molecular formula is C13H20ClN5O. The minimum Gasteiger partial charge on any atom is -0.391 e. The molecule has 1 aromatic heterocycles. The molecule has 2 N–H and O–H groups in total. The molecule has 1 aliphatic carbocycles. The number of piperidine rings is 1. The van der Waals surface area contributed by atoms with Crippen LogP contribution in [0.4, 0.5) is 11.9 Å². The van der Waals surface area contributed by atoms with Crippen LogP contribution in [-0.2, 0) is 0 Å². The van der Waals surface area contributed by atoms with Crippen molar-refractivity contribution in [1.29, 1.82) is 0 Å². The van der Waals surface area contributed by atoms with Crippen LogP contribution in [0.3, 0.4) is 0 Å². The van der Waals surface area contributed by atoms with Crippen LogP contribution in [0.25, 0.3) is 0 Å². The van der Waals surface area contributed by atoms with Crippen LogP contribution in [0, 0.1) is 5.92 Å². The molecule has 0 radical (unpaired) electrons. The van der Waals surface area contributed by atoms with E-state index < -0.39 is 0 Å². The summed E-state index contributed by atoms with van der Waals surface area (Å²) in [5, 5.41) is 13.1. The smallest absolute Gasteiger partial charge is 0.231 e. The predicted molar refractivity (Wildman–Crippen MR) is 78.1 cm³/mol. The van der Waals surface area contributed by atoms with Gasteiger partial charge < -0.3 is 15.3 Å². The van der Waals surface area contributed by atoms with Crippen molar-refractivity contribution >= 4 is 23.5 Å². The molecule has 2 aliphatic rings. The molecule has 3 rings (SSSR count). The van der Waals surface area contributed by atoms with E-state index in [0.29, 0.717) is 24.4 Å². The van der Waals surface area contributed by atoms with E-state index in [4.69, 9.17) is 11.6 Å². The van der Waals surface area contributed by atoms with Crippen LogP contribution in [0.1, 0.15) is 32.1 Å². The molecule has 2 fully saturated rings. The van der Waals surface area contributed by atoms with Gasteiger partial charge in [-0.3, -0.25) is 0 Å². The van der Waals surface area contributed by atoms with E-state index >= 15 is 0 Å². The zero-order valence-corrected chi connectivity index (χ0v) is 12.2. The first-order valence-electron chi connectivity index (χ1n) is 7.31. The molecular weight excluding hydrogens is 278 g/mol. The molecule has 0 bridgehead atoms. The summed E-state index contributed by atoms with van der Waals surface area (Å²) >= 11 is 5.97. The molecule has 1 atom stereocenters. The molecule has 20 heavy (non-hydrogen) atoms.